The summed E-state index contributed by atoms with van der Waals surface area (Å²) in [5.74, 6) is 0. The molecule has 0 bridgehead atoms. The quantitative estimate of drug-likeness (QED) is 0.246. The van der Waals surface area contributed by atoms with Crippen molar-refractivity contribution in [3.8, 4) is 11.1 Å². The van der Waals surface area contributed by atoms with Crippen molar-refractivity contribution in [1.29, 1.82) is 0 Å². The van der Waals surface area contributed by atoms with Crippen molar-refractivity contribution in [2.45, 2.75) is 26.2 Å². The first-order valence-electron chi connectivity index (χ1n) is 9.50. The molecule has 0 nitrogen and oxygen atoms in total. The summed E-state index contributed by atoms with van der Waals surface area (Å²) in [6.45, 7) is 6.83. The van der Waals surface area contributed by atoms with E-state index in [1.807, 2.05) is 12.1 Å². The Balaban J connectivity index is 1.89. The maximum absolute atomic E-state index is 5.88. The predicted molar refractivity (Wildman–Crippen MR) is 120 cm³/mol. The molecule has 0 spiro atoms. The summed E-state index contributed by atoms with van der Waals surface area (Å²) in [5.41, 5.74) is 4.78. The van der Waals surface area contributed by atoms with Crippen LogP contribution in [-0.2, 0) is 5.41 Å². The summed E-state index contributed by atoms with van der Waals surface area (Å²) in [7, 11) is 5.88. The molecule has 5 aromatic carbocycles. The highest BCUT2D eigenvalue weighted by Crippen LogP contribution is 2.40. The summed E-state index contributed by atoms with van der Waals surface area (Å²) < 4.78 is 0. The fourth-order valence-electron chi connectivity index (χ4n) is 4.17. The van der Waals surface area contributed by atoms with Gasteiger partial charge in [0.25, 0.3) is 0 Å². The van der Waals surface area contributed by atoms with Gasteiger partial charge in [-0.3, -0.25) is 0 Å². The molecule has 5 aromatic rings. The van der Waals surface area contributed by atoms with Crippen LogP contribution >= 0.6 is 0 Å². The molecular weight excluding hydrogens is 323 g/mol. The van der Waals surface area contributed by atoms with Crippen LogP contribution in [0.2, 0.25) is 0 Å². The molecule has 27 heavy (non-hydrogen) atoms. The number of hydrogen-bond donors (Lipinski definition) is 0. The minimum absolute atomic E-state index is 0.138. The lowest BCUT2D eigenvalue weighted by atomic mass is 9.82. The smallest absolute Gasteiger partial charge is 0.0966 e. The second kappa shape index (κ2) is 5.60. The SMILES string of the molecule is [B]c1ccc(-c2ccc3ccc4cc(C(C)(C)C)cc5ccc2c3c45)cc1. The van der Waals surface area contributed by atoms with Crippen LogP contribution in [-0.4, -0.2) is 7.85 Å². The zero-order chi connectivity index (χ0) is 18.8. The van der Waals surface area contributed by atoms with E-state index in [1.54, 1.807) is 0 Å². The van der Waals surface area contributed by atoms with Gasteiger partial charge in [0.05, 0.1) is 0 Å². The van der Waals surface area contributed by atoms with Crippen LogP contribution in [0.25, 0.3) is 43.4 Å². The van der Waals surface area contributed by atoms with Crippen LogP contribution in [0.4, 0.5) is 0 Å². The van der Waals surface area contributed by atoms with Gasteiger partial charge in [-0.05, 0) is 54.4 Å². The van der Waals surface area contributed by atoms with Gasteiger partial charge in [0.2, 0.25) is 0 Å². The topological polar surface area (TPSA) is 0 Å². The number of benzene rings is 5. The second-order valence-corrected chi connectivity index (χ2v) is 8.56. The predicted octanol–water partition coefficient (Wildman–Crippen LogP) is 6.34. The lowest BCUT2D eigenvalue weighted by Gasteiger charge is -2.22. The molecular formula is C26H21B. The van der Waals surface area contributed by atoms with Crippen LogP contribution in [0.15, 0.2) is 72.8 Å². The Bertz CT molecular complexity index is 1270. The zero-order valence-corrected chi connectivity index (χ0v) is 16.0. The van der Waals surface area contributed by atoms with E-state index in [1.165, 1.54) is 49.0 Å². The van der Waals surface area contributed by atoms with Crippen molar-refractivity contribution >= 4 is 45.6 Å². The van der Waals surface area contributed by atoms with Gasteiger partial charge in [0.1, 0.15) is 7.85 Å². The van der Waals surface area contributed by atoms with Crippen LogP contribution in [0.1, 0.15) is 26.3 Å². The van der Waals surface area contributed by atoms with Crippen molar-refractivity contribution in [1.82, 2.24) is 0 Å². The van der Waals surface area contributed by atoms with E-state index in [-0.39, 0.29) is 5.41 Å². The summed E-state index contributed by atoms with van der Waals surface area (Å²) in [6.07, 6.45) is 0. The van der Waals surface area contributed by atoms with E-state index in [2.05, 4.69) is 81.4 Å². The number of rotatable bonds is 1. The average Bonchev–Trinajstić information content (AvgIpc) is 2.65. The highest BCUT2D eigenvalue weighted by Gasteiger charge is 2.17. The first-order chi connectivity index (χ1) is 12.9. The highest BCUT2D eigenvalue weighted by molar-refractivity contribution is 6.32. The lowest BCUT2D eigenvalue weighted by molar-refractivity contribution is 0.591. The van der Waals surface area contributed by atoms with Gasteiger partial charge >= 0.3 is 0 Å². The minimum atomic E-state index is 0.138. The third kappa shape index (κ3) is 2.53. The van der Waals surface area contributed by atoms with Crippen LogP contribution < -0.4 is 5.46 Å². The normalized spacial score (nSPS) is 12.4. The molecule has 0 fully saturated rings. The lowest BCUT2D eigenvalue weighted by Crippen LogP contribution is -2.10. The van der Waals surface area contributed by atoms with E-state index in [0.29, 0.717) is 0 Å². The minimum Gasteiger partial charge on any atom is -0.0966 e. The maximum Gasteiger partial charge on any atom is 0.113 e. The van der Waals surface area contributed by atoms with Crippen molar-refractivity contribution in [3.05, 3.63) is 78.4 Å². The Kier molecular flexibility index (Phi) is 3.40. The van der Waals surface area contributed by atoms with Gasteiger partial charge in [-0.2, -0.15) is 0 Å². The summed E-state index contributed by atoms with van der Waals surface area (Å²) in [6, 6.07) is 26.4. The summed E-state index contributed by atoms with van der Waals surface area (Å²) in [5, 5.41) is 7.98. The molecule has 0 saturated heterocycles. The molecule has 0 aliphatic rings. The molecule has 0 heterocycles. The van der Waals surface area contributed by atoms with Gasteiger partial charge in [0.15, 0.2) is 0 Å². The molecule has 0 aliphatic carbocycles. The molecule has 0 N–H and O–H groups in total. The molecule has 128 valence electrons. The zero-order valence-electron chi connectivity index (χ0n) is 16.0. The van der Waals surface area contributed by atoms with Crippen molar-refractivity contribution in [2.75, 3.05) is 0 Å². The van der Waals surface area contributed by atoms with Crippen molar-refractivity contribution in [3.63, 3.8) is 0 Å². The van der Waals surface area contributed by atoms with E-state index in [0.717, 1.165) is 5.46 Å². The molecule has 1 heteroatoms. The fourth-order valence-corrected chi connectivity index (χ4v) is 4.17. The molecule has 0 aromatic heterocycles. The van der Waals surface area contributed by atoms with Gasteiger partial charge in [0, 0.05) is 0 Å². The standard InChI is InChI=1S/C26H21B/c1-26(2,3)20-14-18-5-4-17-8-12-22(16-6-10-21(27)11-7-16)23-13-9-19(15-20)24(18)25(17)23/h4-15H,1-3H3. The van der Waals surface area contributed by atoms with E-state index < -0.39 is 0 Å². The summed E-state index contributed by atoms with van der Waals surface area (Å²) in [4.78, 5) is 0. The van der Waals surface area contributed by atoms with Crippen molar-refractivity contribution < 1.29 is 0 Å². The first kappa shape index (κ1) is 16.4. The third-order valence-electron chi connectivity index (χ3n) is 5.69. The van der Waals surface area contributed by atoms with Crippen LogP contribution in [0, 0.1) is 0 Å². The third-order valence-corrected chi connectivity index (χ3v) is 5.69. The highest BCUT2D eigenvalue weighted by atomic mass is 14.2. The van der Waals surface area contributed by atoms with Crippen LogP contribution in [0.5, 0.6) is 0 Å². The Hall–Kier alpha value is -2.80. The molecule has 0 amide bonds. The van der Waals surface area contributed by atoms with Crippen molar-refractivity contribution in [2.24, 2.45) is 0 Å². The second-order valence-electron chi connectivity index (χ2n) is 8.56. The Labute approximate surface area is 161 Å². The number of hydrogen-bond acceptors (Lipinski definition) is 0. The first-order valence-corrected chi connectivity index (χ1v) is 9.50. The molecule has 5 rings (SSSR count). The fraction of sp³-hybridized carbons (Fsp3) is 0.154. The Morgan fingerprint density at radius 3 is 1.89 bits per heavy atom. The summed E-state index contributed by atoms with van der Waals surface area (Å²) >= 11 is 0. The molecule has 0 aliphatic heterocycles. The van der Waals surface area contributed by atoms with Gasteiger partial charge < -0.3 is 0 Å². The van der Waals surface area contributed by atoms with Gasteiger partial charge in [-0.1, -0.05) is 99.0 Å². The van der Waals surface area contributed by atoms with E-state index >= 15 is 0 Å². The van der Waals surface area contributed by atoms with Gasteiger partial charge in [-0.25, -0.2) is 0 Å². The molecule has 0 atom stereocenters. The Morgan fingerprint density at radius 2 is 1.22 bits per heavy atom. The molecule has 2 radical (unpaired) electrons. The van der Waals surface area contributed by atoms with Crippen LogP contribution in [0.3, 0.4) is 0 Å². The molecule has 0 saturated carbocycles. The monoisotopic (exact) mass is 344 g/mol. The maximum atomic E-state index is 5.88. The largest absolute Gasteiger partial charge is 0.113 e. The van der Waals surface area contributed by atoms with E-state index in [9.17, 15) is 0 Å². The molecule has 0 unspecified atom stereocenters. The Morgan fingerprint density at radius 1 is 0.630 bits per heavy atom. The average molecular weight is 344 g/mol. The van der Waals surface area contributed by atoms with E-state index in [4.69, 9.17) is 7.85 Å². The van der Waals surface area contributed by atoms with Gasteiger partial charge in [-0.15, -0.1) is 0 Å².